The van der Waals surface area contributed by atoms with Crippen LogP contribution in [0.15, 0.2) is 5.16 Å². The summed E-state index contributed by atoms with van der Waals surface area (Å²) in [6, 6.07) is 0.368. The first-order valence-electron chi connectivity index (χ1n) is 6.99. The van der Waals surface area contributed by atoms with Gasteiger partial charge in [-0.05, 0) is 25.9 Å². The van der Waals surface area contributed by atoms with E-state index in [0.717, 1.165) is 36.9 Å². The topological polar surface area (TPSA) is 71.2 Å². The minimum Gasteiger partial charge on any atom is -0.481 e. The molecule has 2 unspecified atom stereocenters. The van der Waals surface area contributed by atoms with Crippen molar-refractivity contribution in [3.63, 3.8) is 0 Å². The third-order valence-corrected chi connectivity index (χ3v) is 4.70. The number of carboxylic acids is 1. The smallest absolute Gasteiger partial charge is 0.313 e. The molecule has 1 aromatic rings. The van der Waals surface area contributed by atoms with Crippen LogP contribution in [0.5, 0.6) is 0 Å². The average Bonchev–Trinajstić information content (AvgIpc) is 2.79. The van der Waals surface area contributed by atoms with Crippen molar-refractivity contribution >= 4 is 17.7 Å². The lowest BCUT2D eigenvalue weighted by atomic mass is 9.94. The van der Waals surface area contributed by atoms with Gasteiger partial charge in [-0.25, -0.2) is 0 Å². The number of hydrogen-bond donors (Lipinski definition) is 1. The minimum atomic E-state index is -0.820. The Bertz CT molecular complexity index is 477. The molecule has 1 aliphatic rings. The first-order chi connectivity index (χ1) is 9.52. The number of carboxylic acid groups (broad SMARTS) is 1. The highest BCUT2D eigenvalue weighted by atomic mass is 32.2. The molecule has 1 saturated heterocycles. The largest absolute Gasteiger partial charge is 0.481 e. The highest BCUT2D eigenvalue weighted by Crippen LogP contribution is 2.32. The predicted octanol–water partition coefficient (Wildman–Crippen LogP) is 1.53. The van der Waals surface area contributed by atoms with Gasteiger partial charge >= 0.3 is 5.97 Å². The summed E-state index contributed by atoms with van der Waals surface area (Å²) in [4.78, 5) is 13.1. The molecule has 0 saturated carbocycles. The van der Waals surface area contributed by atoms with Gasteiger partial charge in [-0.2, -0.15) is 0 Å². The molecular formula is C13H22N4O2S. The number of aromatic nitrogens is 3. The lowest BCUT2D eigenvalue weighted by molar-refractivity contribution is -0.133. The molecule has 0 bridgehead atoms. The van der Waals surface area contributed by atoms with E-state index in [1.54, 1.807) is 0 Å². The van der Waals surface area contributed by atoms with E-state index < -0.39 is 5.97 Å². The van der Waals surface area contributed by atoms with Crippen molar-refractivity contribution < 1.29 is 9.90 Å². The van der Waals surface area contributed by atoms with Crippen LogP contribution in [-0.2, 0) is 11.2 Å². The highest BCUT2D eigenvalue weighted by molar-refractivity contribution is 7.99. The molecule has 2 rings (SSSR count). The third-order valence-electron chi connectivity index (χ3n) is 3.77. The van der Waals surface area contributed by atoms with Gasteiger partial charge < -0.3 is 14.6 Å². The summed E-state index contributed by atoms with van der Waals surface area (Å²) in [5, 5.41) is 18.0. The molecule has 0 aromatic carbocycles. The molecule has 7 heteroatoms. The van der Waals surface area contributed by atoms with Crippen molar-refractivity contribution in [2.24, 2.45) is 5.92 Å². The fourth-order valence-corrected chi connectivity index (χ4v) is 3.56. The SMILES string of the molecule is CCc1nnc(SCC(=O)O)n1C1CCN(C)CC1C. The van der Waals surface area contributed by atoms with Gasteiger partial charge in [0.25, 0.3) is 0 Å². The van der Waals surface area contributed by atoms with E-state index in [-0.39, 0.29) is 5.75 Å². The molecule has 0 amide bonds. The first-order valence-corrected chi connectivity index (χ1v) is 7.98. The average molecular weight is 298 g/mol. The van der Waals surface area contributed by atoms with Crippen molar-refractivity contribution in [1.82, 2.24) is 19.7 Å². The van der Waals surface area contributed by atoms with Gasteiger partial charge in [0.15, 0.2) is 5.16 Å². The van der Waals surface area contributed by atoms with E-state index in [1.807, 2.05) is 0 Å². The summed E-state index contributed by atoms with van der Waals surface area (Å²) in [7, 11) is 2.14. The Morgan fingerprint density at radius 2 is 2.25 bits per heavy atom. The Kier molecular flexibility index (Phi) is 5.04. The van der Waals surface area contributed by atoms with Crippen LogP contribution in [-0.4, -0.2) is 56.6 Å². The van der Waals surface area contributed by atoms with E-state index in [9.17, 15) is 4.79 Å². The number of rotatable bonds is 5. The molecule has 1 N–H and O–H groups in total. The zero-order valence-corrected chi connectivity index (χ0v) is 13.1. The Hall–Kier alpha value is -1.08. The molecule has 0 spiro atoms. The van der Waals surface area contributed by atoms with Gasteiger partial charge in [-0.1, -0.05) is 25.6 Å². The van der Waals surface area contributed by atoms with Crippen molar-refractivity contribution in [2.75, 3.05) is 25.9 Å². The Morgan fingerprint density at radius 1 is 1.50 bits per heavy atom. The van der Waals surface area contributed by atoms with Gasteiger partial charge in [-0.15, -0.1) is 10.2 Å². The van der Waals surface area contributed by atoms with Gasteiger partial charge in [0.05, 0.1) is 5.75 Å². The molecular weight excluding hydrogens is 276 g/mol. The van der Waals surface area contributed by atoms with Gasteiger partial charge in [0, 0.05) is 19.0 Å². The molecule has 0 aliphatic carbocycles. The molecule has 1 fully saturated rings. The van der Waals surface area contributed by atoms with Crippen LogP contribution in [0, 0.1) is 5.92 Å². The highest BCUT2D eigenvalue weighted by Gasteiger charge is 2.29. The lowest BCUT2D eigenvalue weighted by Gasteiger charge is -2.36. The molecule has 112 valence electrons. The standard InChI is InChI=1S/C13H22N4O2S/c1-4-11-14-15-13(20-8-12(18)19)17(11)10-5-6-16(3)7-9(10)2/h9-10H,4-8H2,1-3H3,(H,18,19). The number of piperidine rings is 1. The number of thioether (sulfide) groups is 1. The van der Waals surface area contributed by atoms with E-state index in [2.05, 4.69) is 40.6 Å². The summed E-state index contributed by atoms with van der Waals surface area (Å²) < 4.78 is 2.17. The number of likely N-dealkylation sites (tertiary alicyclic amines) is 1. The Labute approximate surface area is 123 Å². The second-order valence-electron chi connectivity index (χ2n) is 5.40. The lowest BCUT2D eigenvalue weighted by Crippen LogP contribution is -2.38. The maximum Gasteiger partial charge on any atom is 0.313 e. The minimum absolute atomic E-state index is 0.0306. The molecule has 2 heterocycles. The molecule has 1 aromatic heterocycles. The summed E-state index contributed by atoms with van der Waals surface area (Å²) in [6.07, 6.45) is 1.88. The van der Waals surface area contributed by atoms with Crippen molar-refractivity contribution in [3.8, 4) is 0 Å². The van der Waals surface area contributed by atoms with E-state index in [0.29, 0.717) is 12.0 Å². The van der Waals surface area contributed by atoms with Gasteiger partial charge in [0.2, 0.25) is 0 Å². The number of hydrogen-bond acceptors (Lipinski definition) is 5. The second kappa shape index (κ2) is 6.58. The number of aliphatic carboxylic acids is 1. The van der Waals surface area contributed by atoms with Crippen molar-refractivity contribution in [2.45, 2.75) is 37.9 Å². The quantitative estimate of drug-likeness (QED) is 0.831. The normalized spacial score (nSPS) is 23.9. The molecule has 6 nitrogen and oxygen atoms in total. The summed E-state index contributed by atoms with van der Waals surface area (Å²) in [5.41, 5.74) is 0. The summed E-state index contributed by atoms with van der Waals surface area (Å²) >= 11 is 1.26. The van der Waals surface area contributed by atoms with E-state index >= 15 is 0 Å². The van der Waals surface area contributed by atoms with Gasteiger partial charge in [-0.3, -0.25) is 4.79 Å². The zero-order chi connectivity index (χ0) is 14.7. The Balaban J connectivity index is 2.23. The van der Waals surface area contributed by atoms with Crippen LogP contribution in [0.1, 0.15) is 32.1 Å². The van der Waals surface area contributed by atoms with Crippen LogP contribution >= 0.6 is 11.8 Å². The first kappa shape index (κ1) is 15.3. The van der Waals surface area contributed by atoms with E-state index in [4.69, 9.17) is 5.11 Å². The number of nitrogens with zero attached hydrogens (tertiary/aromatic N) is 4. The van der Waals surface area contributed by atoms with Crippen molar-refractivity contribution in [3.05, 3.63) is 5.82 Å². The van der Waals surface area contributed by atoms with Crippen LogP contribution in [0.2, 0.25) is 0 Å². The number of carbonyl (C=O) groups is 1. The van der Waals surface area contributed by atoms with E-state index in [1.165, 1.54) is 11.8 Å². The zero-order valence-electron chi connectivity index (χ0n) is 12.2. The predicted molar refractivity (Wildman–Crippen MR) is 78.1 cm³/mol. The monoisotopic (exact) mass is 298 g/mol. The third kappa shape index (κ3) is 3.32. The maximum atomic E-state index is 10.8. The fourth-order valence-electron chi connectivity index (χ4n) is 2.83. The summed E-state index contributed by atoms with van der Waals surface area (Å²) in [5.74, 6) is 0.681. The van der Waals surface area contributed by atoms with Crippen LogP contribution in [0.25, 0.3) is 0 Å². The molecule has 20 heavy (non-hydrogen) atoms. The maximum absolute atomic E-state index is 10.8. The molecule has 0 radical (unpaired) electrons. The van der Waals surface area contributed by atoms with Crippen LogP contribution < -0.4 is 0 Å². The number of aryl methyl sites for hydroxylation is 1. The Morgan fingerprint density at radius 3 is 2.85 bits per heavy atom. The molecule has 2 atom stereocenters. The second-order valence-corrected chi connectivity index (χ2v) is 6.34. The van der Waals surface area contributed by atoms with Gasteiger partial charge in [0.1, 0.15) is 5.82 Å². The van der Waals surface area contributed by atoms with Crippen LogP contribution in [0.3, 0.4) is 0 Å². The summed E-state index contributed by atoms with van der Waals surface area (Å²) in [6.45, 7) is 6.41. The fraction of sp³-hybridized carbons (Fsp3) is 0.769. The van der Waals surface area contributed by atoms with Crippen LogP contribution in [0.4, 0.5) is 0 Å². The van der Waals surface area contributed by atoms with Crippen molar-refractivity contribution in [1.29, 1.82) is 0 Å². The molecule has 1 aliphatic heterocycles.